The predicted octanol–water partition coefficient (Wildman–Crippen LogP) is 0.811. The summed E-state index contributed by atoms with van der Waals surface area (Å²) >= 11 is 0. The number of alkyl halides is 3. The molecule has 0 aliphatic rings. The van der Waals surface area contributed by atoms with Gasteiger partial charge in [0.05, 0.1) is 10.5 Å². The van der Waals surface area contributed by atoms with E-state index in [1.807, 2.05) is 0 Å². The van der Waals surface area contributed by atoms with E-state index in [0.29, 0.717) is 12.1 Å². The molecule has 0 spiro atoms. The molecule has 1 aromatic rings. The lowest BCUT2D eigenvalue weighted by Crippen LogP contribution is -2.19. The van der Waals surface area contributed by atoms with Gasteiger partial charge >= 0.3 is 6.18 Å². The normalized spacial score (nSPS) is 12.5. The van der Waals surface area contributed by atoms with Crippen LogP contribution < -0.4 is 5.14 Å². The Balaban J connectivity index is 3.59. The van der Waals surface area contributed by atoms with E-state index in [1.54, 1.807) is 0 Å². The number of rotatable bonds is 2. The lowest BCUT2D eigenvalue weighted by molar-refractivity contribution is -0.139. The van der Waals surface area contributed by atoms with Gasteiger partial charge in [-0.2, -0.15) is 13.2 Å². The van der Waals surface area contributed by atoms with E-state index < -0.39 is 26.7 Å². The average Bonchev–Trinajstić information content (AvgIpc) is 2.14. The molecule has 1 radical (unpaired) electrons. The van der Waals surface area contributed by atoms with Gasteiger partial charge in [-0.15, -0.1) is 0 Å². The van der Waals surface area contributed by atoms with Gasteiger partial charge in [-0.25, -0.2) is 13.6 Å². The van der Waals surface area contributed by atoms with Crippen molar-refractivity contribution in [1.82, 2.24) is 0 Å². The lowest BCUT2D eigenvalue weighted by atomic mass is 10.1. The largest absolute Gasteiger partial charge is 0.417 e. The fourth-order valence-electron chi connectivity index (χ4n) is 1.06. The van der Waals surface area contributed by atoms with E-state index >= 15 is 0 Å². The number of sulfonamides is 1. The molecule has 0 bridgehead atoms. The van der Waals surface area contributed by atoms with Gasteiger partial charge in [0.2, 0.25) is 16.3 Å². The van der Waals surface area contributed by atoms with Gasteiger partial charge in [0, 0.05) is 5.56 Å². The molecule has 0 atom stereocenters. The Morgan fingerprint density at radius 3 is 2.19 bits per heavy atom. The van der Waals surface area contributed by atoms with Gasteiger partial charge in [-0.05, 0) is 12.1 Å². The maximum absolute atomic E-state index is 12.4. The molecule has 0 aromatic heterocycles. The maximum atomic E-state index is 12.4. The van der Waals surface area contributed by atoms with E-state index in [4.69, 9.17) is 0 Å². The van der Waals surface area contributed by atoms with E-state index in [-0.39, 0.29) is 5.56 Å². The van der Waals surface area contributed by atoms with Crippen LogP contribution >= 0.6 is 0 Å². The zero-order valence-electron chi connectivity index (χ0n) is 7.58. The third-order valence-corrected chi connectivity index (χ3v) is 2.66. The molecule has 0 aliphatic carbocycles. The van der Waals surface area contributed by atoms with Gasteiger partial charge in [-0.1, -0.05) is 6.07 Å². The molecule has 16 heavy (non-hydrogen) atoms. The molecular weight excluding hydrogens is 247 g/mol. The zero-order chi connectivity index (χ0) is 12.6. The molecule has 4 nitrogen and oxygen atoms in total. The van der Waals surface area contributed by atoms with Gasteiger partial charge < -0.3 is 0 Å². The molecular formula is C8H5F3NO3S. The number of halogens is 3. The summed E-state index contributed by atoms with van der Waals surface area (Å²) in [5.74, 6) is 0. The van der Waals surface area contributed by atoms with E-state index in [2.05, 4.69) is 5.14 Å². The second-order valence-electron chi connectivity index (χ2n) is 2.86. The number of hydrogen-bond donors (Lipinski definition) is 1. The second kappa shape index (κ2) is 3.87. The number of benzene rings is 1. The summed E-state index contributed by atoms with van der Waals surface area (Å²) in [7, 11) is -4.55. The van der Waals surface area contributed by atoms with Crippen LogP contribution in [0.1, 0.15) is 11.1 Å². The first-order valence-corrected chi connectivity index (χ1v) is 5.33. The summed E-state index contributed by atoms with van der Waals surface area (Å²) in [5.41, 5.74) is -1.73. The highest BCUT2D eigenvalue weighted by Crippen LogP contribution is 2.33. The van der Waals surface area contributed by atoms with Gasteiger partial charge in [0.1, 0.15) is 0 Å². The highest BCUT2D eigenvalue weighted by Gasteiger charge is 2.36. The highest BCUT2D eigenvalue weighted by atomic mass is 32.2. The van der Waals surface area contributed by atoms with Crippen molar-refractivity contribution < 1.29 is 26.4 Å². The molecule has 0 saturated heterocycles. The van der Waals surface area contributed by atoms with Crippen molar-refractivity contribution in [1.29, 1.82) is 0 Å². The van der Waals surface area contributed by atoms with Crippen LogP contribution in [0.25, 0.3) is 0 Å². The summed E-state index contributed by atoms with van der Waals surface area (Å²) in [6.45, 7) is 0. The summed E-state index contributed by atoms with van der Waals surface area (Å²) in [4.78, 5) is 9.07. The first kappa shape index (κ1) is 12.7. The Bertz CT molecular complexity index is 522. The Morgan fingerprint density at radius 1 is 1.25 bits per heavy atom. The molecule has 1 rings (SSSR count). The van der Waals surface area contributed by atoms with Crippen molar-refractivity contribution in [3.05, 3.63) is 29.3 Å². The molecule has 0 heterocycles. The molecule has 87 valence electrons. The summed E-state index contributed by atoms with van der Waals surface area (Å²) in [5, 5.41) is 4.62. The minimum atomic E-state index is -4.86. The molecule has 2 N–H and O–H groups in total. The molecule has 1 aromatic carbocycles. The number of hydrogen-bond acceptors (Lipinski definition) is 3. The molecule has 0 fully saturated rings. The summed E-state index contributed by atoms with van der Waals surface area (Å²) < 4.78 is 59.0. The topological polar surface area (TPSA) is 77.2 Å². The van der Waals surface area contributed by atoms with E-state index in [9.17, 15) is 26.4 Å². The SMILES string of the molecule is NS(=O)(=O)c1cc([C]=O)ccc1C(F)(F)F. The van der Waals surface area contributed by atoms with Crippen molar-refractivity contribution in [2.75, 3.05) is 0 Å². The monoisotopic (exact) mass is 252 g/mol. The minimum Gasteiger partial charge on any atom is -0.285 e. The van der Waals surface area contributed by atoms with E-state index in [1.165, 1.54) is 6.29 Å². The van der Waals surface area contributed by atoms with Crippen LogP contribution in [0, 0.1) is 0 Å². The third kappa shape index (κ3) is 2.58. The second-order valence-corrected chi connectivity index (χ2v) is 4.39. The fourth-order valence-corrected chi connectivity index (χ4v) is 1.84. The Labute approximate surface area is 88.9 Å². The summed E-state index contributed by atoms with van der Waals surface area (Å²) in [6.07, 6.45) is -3.58. The molecule has 0 amide bonds. The van der Waals surface area contributed by atoms with Crippen molar-refractivity contribution in [3.8, 4) is 0 Å². The standard InChI is InChI=1S/C8H5F3NO3S/c9-8(10,11)6-2-1-5(4-13)3-7(6)16(12,14)15/h1-3H,(H2,12,14,15). The Hall–Kier alpha value is -1.41. The van der Waals surface area contributed by atoms with Crippen molar-refractivity contribution >= 4 is 16.3 Å². The van der Waals surface area contributed by atoms with E-state index in [0.717, 1.165) is 6.07 Å². The number of carbonyl (C=O) groups excluding carboxylic acids is 1. The fraction of sp³-hybridized carbons (Fsp3) is 0.125. The van der Waals surface area contributed by atoms with Crippen LogP contribution in [0.4, 0.5) is 13.2 Å². The minimum absolute atomic E-state index is 0.322. The quantitative estimate of drug-likeness (QED) is 0.846. The van der Waals surface area contributed by atoms with Gasteiger partial charge in [0.25, 0.3) is 0 Å². The number of nitrogens with two attached hydrogens (primary N) is 1. The first-order chi connectivity index (χ1) is 7.16. The van der Waals surface area contributed by atoms with Crippen LogP contribution in [0.5, 0.6) is 0 Å². The molecule has 0 unspecified atom stereocenters. The first-order valence-electron chi connectivity index (χ1n) is 3.78. The van der Waals surface area contributed by atoms with Gasteiger partial charge in [-0.3, -0.25) is 4.79 Å². The Kier molecular flexibility index (Phi) is 3.06. The van der Waals surface area contributed by atoms with Crippen LogP contribution in [0.2, 0.25) is 0 Å². The smallest absolute Gasteiger partial charge is 0.285 e. The van der Waals surface area contributed by atoms with Crippen molar-refractivity contribution in [3.63, 3.8) is 0 Å². The average molecular weight is 252 g/mol. The van der Waals surface area contributed by atoms with Crippen LogP contribution in [-0.4, -0.2) is 14.7 Å². The molecule has 0 saturated carbocycles. The number of primary sulfonamides is 1. The third-order valence-electron chi connectivity index (χ3n) is 1.71. The molecule has 8 heteroatoms. The van der Waals surface area contributed by atoms with Crippen molar-refractivity contribution in [2.45, 2.75) is 11.1 Å². The molecule has 0 aliphatic heterocycles. The zero-order valence-corrected chi connectivity index (χ0v) is 8.39. The van der Waals surface area contributed by atoms with Crippen LogP contribution in [0.3, 0.4) is 0 Å². The Morgan fingerprint density at radius 2 is 1.81 bits per heavy atom. The maximum Gasteiger partial charge on any atom is 0.417 e. The van der Waals surface area contributed by atoms with Gasteiger partial charge in [0.15, 0.2) is 0 Å². The highest BCUT2D eigenvalue weighted by molar-refractivity contribution is 7.89. The predicted molar refractivity (Wildman–Crippen MR) is 47.6 cm³/mol. The lowest BCUT2D eigenvalue weighted by Gasteiger charge is -2.11. The van der Waals surface area contributed by atoms with Crippen molar-refractivity contribution in [2.24, 2.45) is 5.14 Å². The summed E-state index contributed by atoms with van der Waals surface area (Å²) in [6, 6.07) is 1.82. The van der Waals surface area contributed by atoms with Crippen LogP contribution in [-0.2, 0) is 21.0 Å². The van der Waals surface area contributed by atoms with Crippen LogP contribution in [0.15, 0.2) is 23.1 Å².